The van der Waals surface area contributed by atoms with Gasteiger partial charge in [-0.3, -0.25) is 9.59 Å². The molecule has 150 valence electrons. The fourth-order valence-electron chi connectivity index (χ4n) is 2.30. The van der Waals surface area contributed by atoms with Crippen LogP contribution in [0.15, 0.2) is 52.9 Å². The number of para-hydroxylation sites is 1. The summed E-state index contributed by atoms with van der Waals surface area (Å²) in [4.78, 5) is 24.2. The van der Waals surface area contributed by atoms with Crippen LogP contribution in [0.3, 0.4) is 0 Å². The molecule has 29 heavy (non-hydrogen) atoms. The van der Waals surface area contributed by atoms with E-state index >= 15 is 0 Å². The smallest absolute Gasteiger partial charge is 0.286 e. The molecular formula is C19H17FN4O3S2. The van der Waals surface area contributed by atoms with E-state index in [1.54, 1.807) is 7.11 Å². The molecule has 3 aromatic rings. The first-order valence-corrected chi connectivity index (χ1v) is 10.3. The molecule has 0 fully saturated rings. The average Bonchev–Trinajstić information content (AvgIpc) is 3.22. The molecule has 1 aromatic heterocycles. The van der Waals surface area contributed by atoms with E-state index in [1.165, 1.54) is 36.0 Å². The van der Waals surface area contributed by atoms with Crippen molar-refractivity contribution in [3.8, 4) is 5.75 Å². The lowest BCUT2D eigenvalue weighted by Gasteiger charge is -2.09. The molecule has 0 aliphatic heterocycles. The SMILES string of the molecule is COc1ccccc1CNC(=O)CSc1nnc(C(=O)Nc2ccc(F)cc2)s1. The van der Waals surface area contributed by atoms with Gasteiger partial charge in [0.1, 0.15) is 11.6 Å². The van der Waals surface area contributed by atoms with Crippen LogP contribution < -0.4 is 15.4 Å². The van der Waals surface area contributed by atoms with Gasteiger partial charge < -0.3 is 15.4 Å². The van der Waals surface area contributed by atoms with Crippen molar-refractivity contribution in [3.05, 3.63) is 64.9 Å². The molecule has 0 spiro atoms. The number of hydrogen-bond acceptors (Lipinski definition) is 7. The van der Waals surface area contributed by atoms with E-state index in [4.69, 9.17) is 4.74 Å². The maximum absolute atomic E-state index is 12.9. The first kappa shape index (κ1) is 20.7. The number of methoxy groups -OCH3 is 1. The highest BCUT2D eigenvalue weighted by Gasteiger charge is 2.14. The number of carbonyl (C=O) groups excluding carboxylic acids is 2. The van der Waals surface area contributed by atoms with E-state index in [-0.39, 0.29) is 22.5 Å². The van der Waals surface area contributed by atoms with Gasteiger partial charge in [-0.15, -0.1) is 10.2 Å². The van der Waals surface area contributed by atoms with E-state index < -0.39 is 5.91 Å². The van der Waals surface area contributed by atoms with Crippen molar-refractivity contribution in [2.24, 2.45) is 0 Å². The number of amides is 2. The zero-order valence-corrected chi connectivity index (χ0v) is 17.0. The van der Waals surface area contributed by atoms with E-state index in [0.717, 1.165) is 16.9 Å². The Bertz CT molecular complexity index is 995. The first-order valence-electron chi connectivity index (χ1n) is 8.47. The number of halogens is 1. The van der Waals surface area contributed by atoms with Crippen LogP contribution in [0.25, 0.3) is 0 Å². The third-order valence-corrected chi connectivity index (χ3v) is 5.75. The Hall–Kier alpha value is -2.98. The Labute approximate surface area is 174 Å². The van der Waals surface area contributed by atoms with Gasteiger partial charge in [-0.2, -0.15) is 0 Å². The lowest BCUT2D eigenvalue weighted by molar-refractivity contribution is -0.118. The number of ether oxygens (including phenoxy) is 1. The minimum absolute atomic E-state index is 0.142. The number of carbonyl (C=O) groups is 2. The van der Waals surface area contributed by atoms with Crippen LogP contribution in [0.5, 0.6) is 5.75 Å². The van der Waals surface area contributed by atoms with Crippen molar-refractivity contribution in [1.82, 2.24) is 15.5 Å². The number of nitrogens with zero attached hydrogens (tertiary/aromatic N) is 2. The summed E-state index contributed by atoms with van der Waals surface area (Å²) in [6.07, 6.45) is 0. The standard InChI is InChI=1S/C19H17FN4O3S2/c1-27-15-5-3-2-4-12(15)10-21-16(25)11-28-19-24-23-18(29-19)17(26)22-14-8-6-13(20)7-9-14/h2-9H,10-11H2,1H3,(H,21,25)(H,22,26). The molecule has 2 aromatic carbocycles. The van der Waals surface area contributed by atoms with E-state index in [0.29, 0.717) is 22.3 Å². The van der Waals surface area contributed by atoms with Gasteiger partial charge in [0, 0.05) is 17.8 Å². The molecular weight excluding hydrogens is 415 g/mol. The molecule has 0 aliphatic carbocycles. The minimum atomic E-state index is -0.443. The van der Waals surface area contributed by atoms with Gasteiger partial charge >= 0.3 is 0 Å². The molecule has 0 radical (unpaired) electrons. The molecule has 0 unspecified atom stereocenters. The summed E-state index contributed by atoms with van der Waals surface area (Å²) in [6, 6.07) is 12.9. The second-order valence-electron chi connectivity index (χ2n) is 5.71. The normalized spacial score (nSPS) is 10.4. The number of hydrogen-bond donors (Lipinski definition) is 2. The van der Waals surface area contributed by atoms with Gasteiger partial charge in [0.2, 0.25) is 10.9 Å². The Morgan fingerprint density at radius 3 is 2.66 bits per heavy atom. The third kappa shape index (κ3) is 6.00. The number of benzene rings is 2. The maximum Gasteiger partial charge on any atom is 0.286 e. The highest BCUT2D eigenvalue weighted by Crippen LogP contribution is 2.23. The van der Waals surface area contributed by atoms with Gasteiger partial charge in [-0.1, -0.05) is 41.3 Å². The molecule has 0 aliphatic rings. The van der Waals surface area contributed by atoms with E-state index in [1.807, 2.05) is 24.3 Å². The number of anilines is 1. The van der Waals surface area contributed by atoms with Gasteiger partial charge in [-0.05, 0) is 30.3 Å². The molecule has 2 N–H and O–H groups in total. The Balaban J connectivity index is 1.47. The molecule has 0 atom stereocenters. The van der Waals surface area contributed by atoms with Crippen LogP contribution in [0, 0.1) is 5.82 Å². The van der Waals surface area contributed by atoms with Crippen LogP contribution >= 0.6 is 23.1 Å². The summed E-state index contributed by atoms with van der Waals surface area (Å²) in [6.45, 7) is 0.352. The summed E-state index contributed by atoms with van der Waals surface area (Å²) in [5.41, 5.74) is 1.33. The van der Waals surface area contributed by atoms with E-state index in [2.05, 4.69) is 20.8 Å². The molecule has 10 heteroatoms. The lowest BCUT2D eigenvalue weighted by Crippen LogP contribution is -2.24. The predicted octanol–water partition coefficient (Wildman–Crippen LogP) is 3.35. The van der Waals surface area contributed by atoms with Crippen LogP contribution in [0.4, 0.5) is 10.1 Å². The van der Waals surface area contributed by atoms with Crippen molar-refractivity contribution >= 4 is 40.6 Å². The molecule has 7 nitrogen and oxygen atoms in total. The van der Waals surface area contributed by atoms with Gasteiger partial charge in [0.05, 0.1) is 12.9 Å². The summed E-state index contributed by atoms with van der Waals surface area (Å²) in [5.74, 6) is -0.151. The van der Waals surface area contributed by atoms with Crippen molar-refractivity contribution in [2.45, 2.75) is 10.9 Å². The summed E-state index contributed by atoms with van der Waals surface area (Å²) in [7, 11) is 1.58. The highest BCUT2D eigenvalue weighted by atomic mass is 32.2. The quantitative estimate of drug-likeness (QED) is 0.531. The number of aromatic nitrogens is 2. The fourth-order valence-corrected chi connectivity index (χ4v) is 3.88. The maximum atomic E-state index is 12.9. The topological polar surface area (TPSA) is 93.2 Å². The van der Waals surface area contributed by atoms with Crippen molar-refractivity contribution < 1.29 is 18.7 Å². The Morgan fingerprint density at radius 1 is 1.14 bits per heavy atom. The van der Waals surface area contributed by atoms with E-state index in [9.17, 15) is 14.0 Å². The van der Waals surface area contributed by atoms with Crippen molar-refractivity contribution in [3.63, 3.8) is 0 Å². The van der Waals surface area contributed by atoms with Gasteiger partial charge in [0.15, 0.2) is 4.34 Å². The summed E-state index contributed by atoms with van der Waals surface area (Å²) in [5, 5.41) is 13.3. The molecule has 0 saturated carbocycles. The predicted molar refractivity (Wildman–Crippen MR) is 110 cm³/mol. The van der Waals surface area contributed by atoms with Crippen molar-refractivity contribution in [1.29, 1.82) is 0 Å². The zero-order valence-electron chi connectivity index (χ0n) is 15.3. The molecule has 2 amide bonds. The third-order valence-electron chi connectivity index (χ3n) is 3.70. The second-order valence-corrected chi connectivity index (χ2v) is 7.91. The van der Waals surface area contributed by atoms with Gasteiger partial charge in [-0.25, -0.2) is 4.39 Å². The Morgan fingerprint density at radius 2 is 1.90 bits per heavy atom. The Kier molecular flexibility index (Phi) is 7.14. The minimum Gasteiger partial charge on any atom is -0.496 e. The fraction of sp³-hybridized carbons (Fsp3) is 0.158. The molecule has 1 heterocycles. The van der Waals surface area contributed by atoms with Crippen molar-refractivity contribution in [2.75, 3.05) is 18.2 Å². The zero-order chi connectivity index (χ0) is 20.6. The van der Waals surface area contributed by atoms with Crippen LogP contribution in [-0.2, 0) is 11.3 Å². The summed E-state index contributed by atoms with van der Waals surface area (Å²) < 4.78 is 18.7. The molecule has 3 rings (SSSR count). The number of thioether (sulfide) groups is 1. The highest BCUT2D eigenvalue weighted by molar-refractivity contribution is 8.01. The first-order chi connectivity index (χ1) is 14.0. The molecule has 0 bridgehead atoms. The number of rotatable bonds is 8. The van der Waals surface area contributed by atoms with Crippen LogP contribution in [0.2, 0.25) is 0 Å². The summed E-state index contributed by atoms with van der Waals surface area (Å²) >= 11 is 2.27. The average molecular weight is 433 g/mol. The van der Waals surface area contributed by atoms with Crippen LogP contribution in [0.1, 0.15) is 15.4 Å². The lowest BCUT2D eigenvalue weighted by atomic mass is 10.2. The number of nitrogens with one attached hydrogen (secondary N) is 2. The largest absolute Gasteiger partial charge is 0.496 e. The monoisotopic (exact) mass is 432 g/mol. The van der Waals surface area contributed by atoms with Crippen LogP contribution in [-0.4, -0.2) is 34.9 Å². The van der Waals surface area contributed by atoms with Gasteiger partial charge in [0.25, 0.3) is 5.91 Å². The second kappa shape index (κ2) is 9.99. The molecule has 0 saturated heterocycles.